The molecule has 4 rings (SSSR count). The normalized spacial score (nSPS) is 15.6. The molecule has 1 aliphatic rings. The maximum atomic E-state index is 12.5. The van der Waals surface area contributed by atoms with Gasteiger partial charge in [0.25, 0.3) is 0 Å². The molecule has 3 aromatic rings. The van der Waals surface area contributed by atoms with Gasteiger partial charge in [0.05, 0.1) is 12.8 Å². The van der Waals surface area contributed by atoms with Crippen molar-refractivity contribution in [1.82, 2.24) is 0 Å². The highest BCUT2D eigenvalue weighted by molar-refractivity contribution is 7.15. The van der Waals surface area contributed by atoms with Crippen LogP contribution in [0.2, 0.25) is 0 Å². The number of nitrogens with one attached hydrogen (secondary N) is 1. The molecule has 2 aromatic carbocycles. The van der Waals surface area contributed by atoms with Crippen LogP contribution in [0.4, 0.5) is 5.69 Å². The van der Waals surface area contributed by atoms with Gasteiger partial charge in [0.15, 0.2) is 0 Å². The van der Waals surface area contributed by atoms with Crippen molar-refractivity contribution < 1.29 is 19.4 Å². The first-order chi connectivity index (χ1) is 13.5. The van der Waals surface area contributed by atoms with Crippen LogP contribution in [-0.2, 0) is 4.79 Å². The number of anilines is 1. The van der Waals surface area contributed by atoms with Crippen molar-refractivity contribution in [2.45, 2.75) is 19.3 Å². The van der Waals surface area contributed by atoms with E-state index in [-0.39, 0.29) is 23.1 Å². The summed E-state index contributed by atoms with van der Waals surface area (Å²) in [4.78, 5) is 25.6. The van der Waals surface area contributed by atoms with Crippen LogP contribution in [-0.4, -0.2) is 24.1 Å². The van der Waals surface area contributed by atoms with Crippen LogP contribution < -0.4 is 10.1 Å². The number of aromatic carboxylic acids is 1. The average molecular weight is 393 g/mol. The zero-order chi connectivity index (χ0) is 19.8. The highest BCUT2D eigenvalue weighted by Crippen LogP contribution is 2.49. The lowest BCUT2D eigenvalue weighted by Gasteiger charge is -2.24. The van der Waals surface area contributed by atoms with E-state index < -0.39 is 5.97 Å². The number of carboxylic acids is 1. The molecule has 142 valence electrons. The number of thiophene rings is 1. The summed E-state index contributed by atoms with van der Waals surface area (Å²) in [6, 6.07) is 15.2. The molecule has 1 aliphatic heterocycles. The molecule has 6 heteroatoms. The van der Waals surface area contributed by atoms with Gasteiger partial charge in [0.1, 0.15) is 10.6 Å². The van der Waals surface area contributed by atoms with Crippen molar-refractivity contribution in [3.05, 3.63) is 69.4 Å². The van der Waals surface area contributed by atoms with Gasteiger partial charge in [-0.25, -0.2) is 4.79 Å². The van der Waals surface area contributed by atoms with E-state index in [4.69, 9.17) is 4.74 Å². The van der Waals surface area contributed by atoms with Gasteiger partial charge in [-0.1, -0.05) is 42.0 Å². The van der Waals surface area contributed by atoms with Crippen LogP contribution in [0.15, 0.2) is 48.5 Å². The van der Waals surface area contributed by atoms with Gasteiger partial charge < -0.3 is 15.2 Å². The summed E-state index contributed by atoms with van der Waals surface area (Å²) in [6.07, 6.45) is 0.284. The third-order valence-corrected chi connectivity index (χ3v) is 6.25. The summed E-state index contributed by atoms with van der Waals surface area (Å²) in [6.45, 7) is 1.98. The fraction of sp³-hybridized carbons (Fsp3) is 0.182. The van der Waals surface area contributed by atoms with Crippen molar-refractivity contribution in [3.63, 3.8) is 0 Å². The van der Waals surface area contributed by atoms with Crippen LogP contribution in [0.1, 0.15) is 38.0 Å². The molecule has 2 heterocycles. The summed E-state index contributed by atoms with van der Waals surface area (Å²) >= 11 is 1.24. The van der Waals surface area contributed by atoms with Gasteiger partial charge >= 0.3 is 5.97 Å². The lowest BCUT2D eigenvalue weighted by molar-refractivity contribution is -0.116. The van der Waals surface area contributed by atoms with Gasteiger partial charge in [-0.3, -0.25) is 4.79 Å². The number of amides is 1. The van der Waals surface area contributed by atoms with Crippen LogP contribution in [0.3, 0.4) is 0 Å². The molecule has 28 heavy (non-hydrogen) atoms. The highest BCUT2D eigenvalue weighted by atomic mass is 32.1. The minimum Gasteiger partial charge on any atom is -0.497 e. The first-order valence-corrected chi connectivity index (χ1v) is 9.70. The molecule has 2 N–H and O–H groups in total. The Morgan fingerprint density at radius 1 is 1.14 bits per heavy atom. The molecule has 0 radical (unpaired) electrons. The monoisotopic (exact) mass is 393 g/mol. The number of hydrogen-bond acceptors (Lipinski definition) is 4. The summed E-state index contributed by atoms with van der Waals surface area (Å²) in [5.74, 6) is -0.548. The summed E-state index contributed by atoms with van der Waals surface area (Å²) in [5.41, 5.74) is 4.04. The zero-order valence-electron chi connectivity index (χ0n) is 15.5. The number of aryl methyl sites for hydroxylation is 1. The minimum atomic E-state index is -0.988. The second-order valence-electron chi connectivity index (χ2n) is 6.79. The molecule has 0 bridgehead atoms. The molecule has 1 unspecified atom stereocenters. The Kier molecular flexibility index (Phi) is 4.65. The number of carbonyl (C=O) groups excluding carboxylic acids is 1. The van der Waals surface area contributed by atoms with Crippen LogP contribution in [0, 0.1) is 6.92 Å². The Morgan fingerprint density at radius 3 is 2.43 bits per heavy atom. The lowest BCUT2D eigenvalue weighted by Crippen LogP contribution is -2.22. The van der Waals surface area contributed by atoms with Crippen molar-refractivity contribution >= 4 is 28.9 Å². The van der Waals surface area contributed by atoms with E-state index in [1.807, 2.05) is 55.5 Å². The number of rotatable bonds is 4. The lowest BCUT2D eigenvalue weighted by atomic mass is 9.88. The Hall–Kier alpha value is -3.12. The molecule has 5 nitrogen and oxygen atoms in total. The van der Waals surface area contributed by atoms with Gasteiger partial charge in [0.2, 0.25) is 5.91 Å². The number of hydrogen-bond donors (Lipinski definition) is 2. The fourth-order valence-corrected chi connectivity index (χ4v) is 4.78. The Morgan fingerprint density at radius 2 is 1.82 bits per heavy atom. The molecular weight excluding hydrogens is 374 g/mol. The predicted molar refractivity (Wildman–Crippen MR) is 110 cm³/mol. The Bertz CT molecular complexity index is 1050. The van der Waals surface area contributed by atoms with Gasteiger partial charge in [-0.2, -0.15) is 0 Å². The average Bonchev–Trinajstić information content (AvgIpc) is 3.07. The number of benzene rings is 2. The quantitative estimate of drug-likeness (QED) is 0.661. The molecular formula is C22H19NO4S. The standard InChI is InChI=1S/C22H19NO4S/c1-12-3-5-14(6-4-12)18-19-20(28-21(18)22(25)26)16(11-17(24)23-19)13-7-9-15(27-2)10-8-13/h3-10,16H,11H2,1-2H3,(H,23,24)(H,25,26). The van der Waals surface area contributed by atoms with E-state index in [1.54, 1.807) is 7.11 Å². The van der Waals surface area contributed by atoms with E-state index in [2.05, 4.69) is 5.32 Å². The number of carbonyl (C=O) groups is 2. The van der Waals surface area contributed by atoms with Crippen LogP contribution in [0.5, 0.6) is 5.75 Å². The molecule has 0 saturated carbocycles. The summed E-state index contributed by atoms with van der Waals surface area (Å²) in [5, 5.41) is 12.7. The van der Waals surface area contributed by atoms with Crippen LogP contribution in [0.25, 0.3) is 11.1 Å². The fourth-order valence-electron chi connectivity index (χ4n) is 3.54. The van der Waals surface area contributed by atoms with E-state index >= 15 is 0 Å². The van der Waals surface area contributed by atoms with E-state index in [9.17, 15) is 14.7 Å². The number of carboxylic acid groups (broad SMARTS) is 1. The molecule has 0 spiro atoms. The molecule has 0 aliphatic carbocycles. The van der Waals surface area contributed by atoms with Crippen molar-refractivity contribution in [1.29, 1.82) is 0 Å². The largest absolute Gasteiger partial charge is 0.497 e. The maximum Gasteiger partial charge on any atom is 0.346 e. The Labute approximate surface area is 166 Å². The maximum absolute atomic E-state index is 12.5. The van der Waals surface area contributed by atoms with Gasteiger partial charge in [-0.05, 0) is 30.2 Å². The van der Waals surface area contributed by atoms with Gasteiger partial charge in [-0.15, -0.1) is 11.3 Å². The molecule has 1 amide bonds. The highest BCUT2D eigenvalue weighted by Gasteiger charge is 2.34. The van der Waals surface area contributed by atoms with E-state index in [0.29, 0.717) is 11.3 Å². The molecule has 0 fully saturated rings. The molecule has 1 aromatic heterocycles. The molecule has 0 saturated heterocycles. The molecule has 1 atom stereocenters. The SMILES string of the molecule is COc1ccc(C2CC(=O)Nc3c2sc(C(=O)O)c3-c2ccc(C)cc2)cc1. The van der Waals surface area contributed by atoms with Crippen molar-refractivity contribution in [2.75, 3.05) is 12.4 Å². The van der Waals surface area contributed by atoms with Crippen molar-refractivity contribution in [3.8, 4) is 16.9 Å². The second-order valence-corrected chi connectivity index (χ2v) is 7.85. The number of ether oxygens (including phenoxy) is 1. The number of methoxy groups -OCH3 is 1. The van der Waals surface area contributed by atoms with E-state index in [0.717, 1.165) is 27.3 Å². The topological polar surface area (TPSA) is 75.6 Å². The predicted octanol–water partition coefficient (Wildman–Crippen LogP) is 4.90. The summed E-state index contributed by atoms with van der Waals surface area (Å²) < 4.78 is 5.21. The first kappa shape index (κ1) is 18.3. The minimum absolute atomic E-state index is 0.114. The smallest absolute Gasteiger partial charge is 0.346 e. The van der Waals surface area contributed by atoms with E-state index in [1.165, 1.54) is 11.3 Å². The number of fused-ring (bicyclic) bond motifs is 1. The third kappa shape index (κ3) is 3.16. The second kappa shape index (κ2) is 7.13. The summed E-state index contributed by atoms with van der Waals surface area (Å²) in [7, 11) is 1.60. The van der Waals surface area contributed by atoms with Gasteiger partial charge in [0, 0.05) is 22.8 Å². The van der Waals surface area contributed by atoms with Crippen LogP contribution >= 0.6 is 11.3 Å². The van der Waals surface area contributed by atoms with Crippen molar-refractivity contribution in [2.24, 2.45) is 0 Å². The third-order valence-electron chi connectivity index (χ3n) is 4.96. The zero-order valence-corrected chi connectivity index (χ0v) is 16.3. The Balaban J connectivity index is 1.89. The first-order valence-electron chi connectivity index (χ1n) is 8.88.